The molecule has 29 nitrogen and oxygen atoms in total. The summed E-state index contributed by atoms with van der Waals surface area (Å²) in [5.41, 5.74) is -8.17. The molecule has 5 saturated heterocycles. The van der Waals surface area contributed by atoms with Crippen LogP contribution in [0.5, 0.6) is 0 Å². The van der Waals surface area contributed by atoms with Gasteiger partial charge in [-0.05, 0) is 97.7 Å². The highest BCUT2D eigenvalue weighted by Crippen LogP contribution is 2.76. The molecule has 0 bridgehead atoms. The highest BCUT2D eigenvalue weighted by Gasteiger charge is 2.75. The van der Waals surface area contributed by atoms with Crippen molar-refractivity contribution in [3.05, 3.63) is 11.6 Å². The molecule has 17 N–H and O–H groups in total. The lowest BCUT2D eigenvalue weighted by molar-refractivity contribution is -0.372. The van der Waals surface area contributed by atoms with Crippen molar-refractivity contribution in [2.75, 3.05) is 39.6 Å². The molecule has 9 fully saturated rings. The number of aliphatic hydroxyl groups excluding tert-OH is 15. The first-order valence-electron chi connectivity index (χ1n) is 29.9. The van der Waals surface area contributed by atoms with E-state index < -0.39 is 243 Å². The number of hydrogen-bond acceptors (Lipinski definition) is 28. The van der Waals surface area contributed by atoms with Crippen LogP contribution in [0, 0.1) is 50.2 Å². The molecule has 0 radical (unpaired) electrons. The number of fused-ring (bicyclic) bond motifs is 7. The second kappa shape index (κ2) is 24.0. The Morgan fingerprint density at radius 3 is 1.91 bits per heavy atom. The number of carboxylic acid groups (broad SMARTS) is 1. The molecule has 0 aromatic carbocycles. The molecule has 0 aromatic rings. The van der Waals surface area contributed by atoms with Gasteiger partial charge in [-0.2, -0.15) is 0 Å². The van der Waals surface area contributed by atoms with Crippen LogP contribution in [0.2, 0.25) is 0 Å². The van der Waals surface area contributed by atoms with Crippen LogP contribution in [0.15, 0.2) is 11.6 Å². The summed E-state index contributed by atoms with van der Waals surface area (Å²) >= 11 is 0. The summed E-state index contributed by atoms with van der Waals surface area (Å²) in [6.07, 6.45) is -35.2. The smallest absolute Gasteiger partial charge is 0.317 e. The Labute approximate surface area is 495 Å². The third-order valence-electron chi connectivity index (χ3n) is 22.6. The first-order valence-corrected chi connectivity index (χ1v) is 29.9. The fraction of sp³-hybridized carbons (Fsp3) is 0.930. The first-order chi connectivity index (χ1) is 40.2. The first kappa shape index (κ1) is 66.6. The van der Waals surface area contributed by atoms with Crippen molar-refractivity contribution >= 4 is 11.9 Å². The zero-order chi connectivity index (χ0) is 62.9. The molecule has 0 aromatic heterocycles. The molecule has 492 valence electrons. The Kier molecular flexibility index (Phi) is 18.6. The van der Waals surface area contributed by atoms with E-state index in [2.05, 4.69) is 20.8 Å². The molecular formula is C57H90O29. The number of rotatable bonds is 14. The van der Waals surface area contributed by atoms with E-state index in [9.17, 15) is 91.6 Å². The van der Waals surface area contributed by atoms with Gasteiger partial charge in [0.25, 0.3) is 0 Å². The van der Waals surface area contributed by atoms with Crippen molar-refractivity contribution in [2.24, 2.45) is 50.2 Å². The van der Waals surface area contributed by atoms with Gasteiger partial charge in [0.05, 0.1) is 58.0 Å². The van der Waals surface area contributed by atoms with Crippen LogP contribution in [-0.2, 0) is 57.0 Å². The molecule has 32 atom stereocenters. The molecular weight excluding hydrogens is 1150 g/mol. The number of carbonyl (C=O) groups is 2. The van der Waals surface area contributed by atoms with Crippen LogP contribution >= 0.6 is 0 Å². The predicted octanol–water partition coefficient (Wildman–Crippen LogP) is -5.29. The molecule has 10 aliphatic rings. The molecule has 86 heavy (non-hydrogen) atoms. The SMILES string of the molecule is C[C@@H]1O[C@@H](O[C@H]2[C@H](OC(=O)[C@]34CCC(C)(C)C[C@H]3C3=CC[C@@H]5[C@@]6(C)C[C@H](O)[C@H](O[C@@H]7O[C@H](CO)[C@@H](O)[C@H](O)[C@H]7O)[C@](CO)(C(=O)O)[C@@H]6CC[C@@]5(C)[C@]3(C)CC4O)OC[C@H](O)[C@@H]2O)C(O)C(O)[C@H]1O[C@@H]1OC[C@@H](O)[C@H](O[C@@H]2OC[C@](O)(CO)[C@H]2O)[C@H]1O. The molecule has 5 heterocycles. The van der Waals surface area contributed by atoms with Crippen LogP contribution in [0.3, 0.4) is 0 Å². The fourth-order valence-corrected chi connectivity index (χ4v) is 17.4. The molecule has 3 unspecified atom stereocenters. The molecule has 5 aliphatic heterocycles. The minimum atomic E-state index is -2.21. The van der Waals surface area contributed by atoms with Crippen molar-refractivity contribution in [3.8, 4) is 0 Å². The van der Waals surface area contributed by atoms with Crippen LogP contribution in [0.4, 0.5) is 0 Å². The van der Waals surface area contributed by atoms with Crippen LogP contribution in [0.1, 0.15) is 92.9 Å². The lowest BCUT2D eigenvalue weighted by atomic mass is 9.33. The van der Waals surface area contributed by atoms with Crippen molar-refractivity contribution < 1.29 is 144 Å². The number of allylic oxidation sites excluding steroid dienone is 2. The number of aliphatic carboxylic acids is 1. The lowest BCUT2D eigenvalue weighted by Gasteiger charge is -2.72. The number of carboxylic acids is 1. The monoisotopic (exact) mass is 1240 g/mol. The molecule has 29 heteroatoms. The third-order valence-corrected chi connectivity index (χ3v) is 22.6. The minimum absolute atomic E-state index is 0.00616. The van der Waals surface area contributed by atoms with Crippen molar-refractivity contribution in [2.45, 2.75) is 240 Å². The topological polar surface area (TPSA) is 470 Å². The predicted molar refractivity (Wildman–Crippen MR) is 282 cm³/mol. The van der Waals surface area contributed by atoms with E-state index in [4.69, 9.17) is 47.4 Å². The van der Waals surface area contributed by atoms with E-state index in [1.165, 1.54) is 6.92 Å². The molecule has 4 saturated carbocycles. The number of carbonyl (C=O) groups excluding carboxylic acids is 1. The van der Waals surface area contributed by atoms with Crippen LogP contribution in [-0.4, -0.2) is 285 Å². The number of hydrogen-bond donors (Lipinski definition) is 17. The van der Waals surface area contributed by atoms with Crippen LogP contribution in [0.25, 0.3) is 0 Å². The number of esters is 1. The quantitative estimate of drug-likeness (QED) is 0.0439. The van der Waals surface area contributed by atoms with Crippen molar-refractivity contribution in [3.63, 3.8) is 0 Å². The Bertz CT molecular complexity index is 2470. The fourth-order valence-electron chi connectivity index (χ4n) is 17.4. The molecule has 0 amide bonds. The maximum Gasteiger partial charge on any atom is 0.317 e. The van der Waals surface area contributed by atoms with Gasteiger partial charge in [-0.25, -0.2) is 0 Å². The summed E-state index contributed by atoms with van der Waals surface area (Å²) in [7, 11) is 0. The molecule has 0 spiro atoms. The van der Waals surface area contributed by atoms with Crippen LogP contribution < -0.4 is 0 Å². The summed E-state index contributed by atoms with van der Waals surface area (Å²) in [5.74, 6) is -4.37. The average Bonchev–Trinajstić information content (AvgIpc) is 0.892. The van der Waals surface area contributed by atoms with E-state index in [1.54, 1.807) is 0 Å². The Morgan fingerprint density at radius 1 is 0.616 bits per heavy atom. The highest BCUT2D eigenvalue weighted by atomic mass is 16.8. The van der Waals surface area contributed by atoms with E-state index in [0.717, 1.165) is 5.57 Å². The average molecular weight is 1240 g/mol. The highest BCUT2D eigenvalue weighted by molar-refractivity contribution is 5.80. The Hall–Kier alpha value is -2.32. The van der Waals surface area contributed by atoms with Gasteiger partial charge in [0.2, 0.25) is 6.29 Å². The summed E-state index contributed by atoms with van der Waals surface area (Å²) < 4.78 is 58.2. The Balaban J connectivity index is 0.872. The second-order valence-electron chi connectivity index (χ2n) is 27.8. The minimum Gasteiger partial charge on any atom is -0.481 e. The molecule has 10 rings (SSSR count). The van der Waals surface area contributed by atoms with Gasteiger partial charge >= 0.3 is 11.9 Å². The van der Waals surface area contributed by atoms with E-state index in [1.807, 2.05) is 19.9 Å². The van der Waals surface area contributed by atoms with Gasteiger partial charge in [-0.1, -0.05) is 46.3 Å². The zero-order valence-electron chi connectivity index (χ0n) is 49.0. The van der Waals surface area contributed by atoms with Gasteiger partial charge in [-0.3, -0.25) is 9.59 Å². The van der Waals surface area contributed by atoms with Gasteiger partial charge in [0, 0.05) is 0 Å². The van der Waals surface area contributed by atoms with E-state index in [-0.39, 0.29) is 31.1 Å². The summed E-state index contributed by atoms with van der Waals surface area (Å²) in [6.45, 7) is 7.22. The third kappa shape index (κ3) is 10.4. The van der Waals surface area contributed by atoms with E-state index >= 15 is 4.79 Å². The van der Waals surface area contributed by atoms with Crippen molar-refractivity contribution in [1.82, 2.24) is 0 Å². The zero-order valence-corrected chi connectivity index (χ0v) is 49.0. The van der Waals surface area contributed by atoms with Gasteiger partial charge in [-0.15, -0.1) is 0 Å². The van der Waals surface area contributed by atoms with E-state index in [0.29, 0.717) is 25.7 Å². The maximum absolute atomic E-state index is 15.4. The van der Waals surface area contributed by atoms with Crippen molar-refractivity contribution in [1.29, 1.82) is 0 Å². The number of aliphatic hydroxyl groups is 16. The largest absolute Gasteiger partial charge is 0.481 e. The lowest BCUT2D eigenvalue weighted by Crippen LogP contribution is -2.72. The number of ether oxygens (including phenoxy) is 10. The standard InChI is InChI=1S/C57H90O29/c1-22-39(82-44-38(71)40(27(63)18-77-44)83-48-42(72)55(76,19-59)21-79-48)35(68)37(70)45(80-22)84-41-32(65)26(62)17-78-47(41)86-50(75)56-12-11-51(2,3)13-24(56)23-7-8-29-52(4)14-25(61)43(85-46-36(69)34(67)33(66)28(16-58)81-46)57(20-60,49(73)74)30(52)9-10-53(29,5)54(23,6)15-31(56)64/h7,22,24-48,58-72,76H,8-21H2,1-6H3,(H,73,74)/t22-,24-,25-,26-,27+,28+,29+,30+,31?,32-,33+,34-,35?,36+,37?,38+,39-,40-,41+,42-,43-,44-,45-,46-,47-,48-,52+,53+,54+,55+,56+,57+/m0/s1. The summed E-state index contributed by atoms with van der Waals surface area (Å²) in [5, 5.41) is 187. The normalized spacial score (nSPS) is 54.6. The summed E-state index contributed by atoms with van der Waals surface area (Å²) in [6, 6.07) is 0. The summed E-state index contributed by atoms with van der Waals surface area (Å²) in [4.78, 5) is 29.3. The van der Waals surface area contributed by atoms with Gasteiger partial charge < -0.3 is 134 Å². The Morgan fingerprint density at radius 2 is 1.26 bits per heavy atom. The second-order valence-corrected chi connectivity index (χ2v) is 27.8. The molecule has 5 aliphatic carbocycles. The van der Waals surface area contributed by atoms with Gasteiger partial charge in [0.15, 0.2) is 31.3 Å². The van der Waals surface area contributed by atoms with Gasteiger partial charge in [0.1, 0.15) is 102 Å². The maximum atomic E-state index is 15.4.